The summed E-state index contributed by atoms with van der Waals surface area (Å²) in [6.07, 6.45) is -11.1. The van der Waals surface area contributed by atoms with E-state index in [4.69, 9.17) is 0 Å². The van der Waals surface area contributed by atoms with E-state index in [2.05, 4.69) is 0 Å². The molecule has 3 heterocycles. The first kappa shape index (κ1) is 32.7. The number of likely N-dealkylation sites (tertiary alicyclic amines) is 1. The maximum Gasteiger partial charge on any atom is 0.435 e. The fourth-order valence-electron chi connectivity index (χ4n) is 8.45. The van der Waals surface area contributed by atoms with Crippen LogP contribution in [0.2, 0.25) is 0 Å². The standard InChI is InChI=1S/C31H30F8N2O4S/c1-17(42)41-22-6-7-23(41)16-19(15-22)27(43)40-13-12-28(46(44,45)24-8-4-21(32)5-9-24)25-10-3-20(14-18(25)2-11-26(28)40)29(33,30(34,35)36)31(37,38)39/h3-5,8-10,14,19,22-23,26H,2,6-7,11-13,15-16H2,1H3/t19-,22+,23-,26-,28-/m1/s1. The molecule has 0 unspecified atom stereocenters. The molecule has 15 heteroatoms. The summed E-state index contributed by atoms with van der Waals surface area (Å²) in [6.45, 7) is 1.38. The van der Waals surface area contributed by atoms with Crippen molar-refractivity contribution < 1.29 is 53.1 Å². The zero-order valence-electron chi connectivity index (χ0n) is 24.5. The van der Waals surface area contributed by atoms with Gasteiger partial charge in [0.05, 0.1) is 10.9 Å². The van der Waals surface area contributed by atoms with Crippen molar-refractivity contribution in [2.75, 3.05) is 6.54 Å². The number of hydrogen-bond acceptors (Lipinski definition) is 4. The molecule has 0 radical (unpaired) electrons. The third-order valence-corrected chi connectivity index (χ3v) is 12.9. The summed E-state index contributed by atoms with van der Waals surface area (Å²) in [6, 6.07) is 4.02. The SMILES string of the molecule is CC(=O)N1[C@@H]2CC[C@H]1C[C@@H](C(=O)N1CC[C@@]3(S(=O)(=O)c4ccc(F)cc4)c4ccc(C(F)(C(F)(F)F)C(F)(F)F)cc4CC[C@@H]13)C2. The summed E-state index contributed by atoms with van der Waals surface area (Å²) in [5.41, 5.74) is -7.76. The zero-order chi connectivity index (χ0) is 33.6. The molecule has 2 bridgehead atoms. The number of carbonyl (C=O) groups is 2. The highest BCUT2D eigenvalue weighted by molar-refractivity contribution is 7.92. The number of alkyl halides is 7. The van der Waals surface area contributed by atoms with Crippen molar-refractivity contribution >= 4 is 21.7 Å². The van der Waals surface area contributed by atoms with Crippen LogP contribution in [0.25, 0.3) is 0 Å². The van der Waals surface area contributed by atoms with Gasteiger partial charge in [-0.25, -0.2) is 17.2 Å². The van der Waals surface area contributed by atoms with Crippen LogP contribution in [0.3, 0.4) is 0 Å². The highest BCUT2D eigenvalue weighted by Crippen LogP contribution is 2.57. The Morgan fingerprint density at radius 1 is 0.870 bits per heavy atom. The summed E-state index contributed by atoms with van der Waals surface area (Å²) in [5, 5.41) is 0. The number of halogens is 8. The zero-order valence-corrected chi connectivity index (χ0v) is 25.3. The monoisotopic (exact) mass is 678 g/mol. The van der Waals surface area contributed by atoms with Crippen LogP contribution in [0.15, 0.2) is 47.4 Å². The van der Waals surface area contributed by atoms with Crippen LogP contribution >= 0.6 is 0 Å². The molecule has 0 N–H and O–H groups in total. The summed E-state index contributed by atoms with van der Waals surface area (Å²) in [7, 11) is -4.57. The van der Waals surface area contributed by atoms with Gasteiger partial charge in [-0.05, 0) is 80.3 Å². The Bertz CT molecular complexity index is 1650. The van der Waals surface area contributed by atoms with Crippen molar-refractivity contribution in [3.05, 3.63) is 65.0 Å². The summed E-state index contributed by atoms with van der Waals surface area (Å²) >= 11 is 0. The van der Waals surface area contributed by atoms with Gasteiger partial charge in [0.2, 0.25) is 11.8 Å². The second-order valence-electron chi connectivity index (χ2n) is 12.7. The summed E-state index contributed by atoms with van der Waals surface area (Å²) in [5.74, 6) is -1.69. The third-order valence-electron chi connectivity index (χ3n) is 10.4. The molecule has 3 saturated heterocycles. The summed E-state index contributed by atoms with van der Waals surface area (Å²) in [4.78, 5) is 29.2. The molecule has 250 valence electrons. The molecule has 1 aliphatic carbocycles. The first-order valence-corrected chi connectivity index (χ1v) is 16.4. The molecule has 6 nitrogen and oxygen atoms in total. The molecule has 0 aromatic heterocycles. The predicted octanol–water partition coefficient (Wildman–Crippen LogP) is 6.12. The minimum atomic E-state index is -6.36. The van der Waals surface area contributed by atoms with E-state index in [0.29, 0.717) is 25.0 Å². The fraction of sp³-hybridized carbons (Fsp3) is 0.548. The molecule has 2 amide bonds. The second kappa shape index (κ2) is 10.6. The smallest absolute Gasteiger partial charge is 0.337 e. The van der Waals surface area contributed by atoms with Gasteiger partial charge in [-0.1, -0.05) is 18.2 Å². The van der Waals surface area contributed by atoms with E-state index in [0.717, 1.165) is 43.2 Å². The van der Waals surface area contributed by atoms with Crippen LogP contribution in [0.5, 0.6) is 0 Å². The van der Waals surface area contributed by atoms with Crippen molar-refractivity contribution in [1.82, 2.24) is 9.80 Å². The van der Waals surface area contributed by atoms with Crippen LogP contribution in [0.1, 0.15) is 62.1 Å². The molecule has 4 aliphatic rings. The molecule has 5 atom stereocenters. The van der Waals surface area contributed by atoms with Crippen molar-refractivity contribution in [2.45, 2.75) is 97.7 Å². The Kier molecular flexibility index (Phi) is 7.57. The number of benzene rings is 2. The lowest BCUT2D eigenvalue weighted by atomic mass is 9.76. The number of carbonyl (C=O) groups excluding carboxylic acids is 2. The fourth-order valence-corrected chi connectivity index (χ4v) is 10.8. The number of rotatable bonds is 4. The second-order valence-corrected chi connectivity index (χ2v) is 14.9. The average molecular weight is 679 g/mol. The van der Waals surface area contributed by atoms with E-state index in [1.54, 1.807) is 4.90 Å². The number of nitrogens with zero attached hydrogens (tertiary/aromatic N) is 2. The average Bonchev–Trinajstić information content (AvgIpc) is 3.51. The highest BCUT2D eigenvalue weighted by atomic mass is 32.2. The molecule has 46 heavy (non-hydrogen) atoms. The van der Waals surface area contributed by atoms with Crippen molar-refractivity contribution in [3.63, 3.8) is 0 Å². The van der Waals surface area contributed by atoms with Crippen molar-refractivity contribution in [2.24, 2.45) is 5.92 Å². The first-order valence-electron chi connectivity index (χ1n) is 14.9. The molecular formula is C31H30F8N2O4S. The number of fused-ring (bicyclic) bond motifs is 5. The maximum absolute atomic E-state index is 15.0. The van der Waals surface area contributed by atoms with E-state index in [-0.39, 0.29) is 65.7 Å². The van der Waals surface area contributed by atoms with Crippen LogP contribution in [0, 0.1) is 11.7 Å². The van der Waals surface area contributed by atoms with Gasteiger partial charge in [0.15, 0.2) is 9.84 Å². The van der Waals surface area contributed by atoms with Crippen LogP contribution in [-0.4, -0.2) is 67.1 Å². The van der Waals surface area contributed by atoms with E-state index in [1.165, 1.54) is 11.8 Å². The van der Waals surface area contributed by atoms with Gasteiger partial charge in [-0.3, -0.25) is 9.59 Å². The molecule has 0 spiro atoms. The van der Waals surface area contributed by atoms with Crippen LogP contribution in [-0.2, 0) is 36.3 Å². The Hall–Kier alpha value is -3.23. The van der Waals surface area contributed by atoms with Gasteiger partial charge in [0, 0.05) is 37.0 Å². The summed E-state index contributed by atoms with van der Waals surface area (Å²) < 4.78 is 137. The Morgan fingerprint density at radius 2 is 1.46 bits per heavy atom. The Labute approximate surface area is 259 Å². The maximum atomic E-state index is 15.0. The number of piperidine rings is 1. The number of hydrogen-bond donors (Lipinski definition) is 0. The van der Waals surface area contributed by atoms with Crippen molar-refractivity contribution in [3.8, 4) is 0 Å². The molecule has 2 aromatic rings. The quantitative estimate of drug-likeness (QED) is 0.289. The Morgan fingerprint density at radius 3 is 2.00 bits per heavy atom. The van der Waals surface area contributed by atoms with Crippen LogP contribution in [0.4, 0.5) is 35.1 Å². The molecular weight excluding hydrogens is 648 g/mol. The normalized spacial score (nSPS) is 28.2. The minimum Gasteiger partial charge on any atom is -0.337 e. The lowest BCUT2D eigenvalue weighted by molar-refractivity contribution is -0.348. The van der Waals surface area contributed by atoms with Gasteiger partial charge in [-0.15, -0.1) is 0 Å². The topological polar surface area (TPSA) is 74.8 Å². The van der Waals surface area contributed by atoms with E-state index in [9.17, 15) is 48.7 Å². The largest absolute Gasteiger partial charge is 0.435 e. The van der Waals surface area contributed by atoms with E-state index in [1.807, 2.05) is 0 Å². The number of aryl methyl sites for hydroxylation is 1. The van der Waals surface area contributed by atoms with Gasteiger partial charge in [0.1, 0.15) is 10.6 Å². The lowest BCUT2D eigenvalue weighted by Gasteiger charge is -2.44. The molecule has 3 aliphatic heterocycles. The Balaban J connectivity index is 1.45. The first-order chi connectivity index (χ1) is 21.3. The van der Waals surface area contributed by atoms with E-state index >= 15 is 4.39 Å². The third kappa shape index (κ3) is 4.57. The van der Waals surface area contributed by atoms with E-state index < -0.39 is 55.9 Å². The van der Waals surface area contributed by atoms with Gasteiger partial charge >= 0.3 is 18.0 Å². The lowest BCUT2D eigenvalue weighted by Crippen LogP contribution is -2.55. The molecule has 2 aromatic carbocycles. The molecule has 6 rings (SSSR count). The molecule has 0 saturated carbocycles. The van der Waals surface area contributed by atoms with Gasteiger partial charge in [-0.2, -0.15) is 26.3 Å². The van der Waals surface area contributed by atoms with Crippen molar-refractivity contribution in [1.29, 1.82) is 0 Å². The molecule has 3 fully saturated rings. The minimum absolute atomic E-state index is 0.0779. The van der Waals surface area contributed by atoms with Gasteiger partial charge < -0.3 is 9.80 Å². The highest BCUT2D eigenvalue weighted by Gasteiger charge is 2.74. The van der Waals surface area contributed by atoms with Gasteiger partial charge in [0.25, 0.3) is 0 Å². The van der Waals surface area contributed by atoms with Crippen LogP contribution < -0.4 is 0 Å². The number of amides is 2. The number of sulfone groups is 1. The predicted molar refractivity (Wildman–Crippen MR) is 147 cm³/mol.